The first kappa shape index (κ1) is 10.5. The Morgan fingerprint density at radius 1 is 1.07 bits per heavy atom. The number of hydrogen-bond donors (Lipinski definition) is 1. The molecule has 1 atom stereocenters. The summed E-state index contributed by atoms with van der Waals surface area (Å²) in [6.07, 6.45) is 0. The Bertz CT molecular complexity index is 377. The second kappa shape index (κ2) is 3.01. The van der Waals surface area contributed by atoms with E-state index in [1.165, 1.54) is 11.3 Å². The van der Waals surface area contributed by atoms with Crippen molar-refractivity contribution >= 4 is 5.69 Å². The highest BCUT2D eigenvalue weighted by molar-refractivity contribution is 5.59. The van der Waals surface area contributed by atoms with Crippen molar-refractivity contribution in [1.82, 2.24) is 0 Å². The van der Waals surface area contributed by atoms with Gasteiger partial charge in [0.25, 0.3) is 0 Å². The molecule has 2 rings (SSSR count). The smallest absolute Gasteiger partial charge is 0.0382 e. The predicted octanol–water partition coefficient (Wildman–Crippen LogP) is 3.80. The van der Waals surface area contributed by atoms with E-state index in [4.69, 9.17) is 0 Å². The summed E-state index contributed by atoms with van der Waals surface area (Å²) in [6.45, 7) is 11.6. The standard InChI is InChI=1S/C14H21N/c1-10-13(2,3)11-8-6-7-9-12(11)15-14(10,4)5/h6-10,15H,1-5H3. The topological polar surface area (TPSA) is 12.0 Å². The molecule has 0 fully saturated rings. The maximum Gasteiger partial charge on any atom is 0.0382 e. The van der Waals surface area contributed by atoms with Crippen LogP contribution >= 0.6 is 0 Å². The molecule has 0 amide bonds. The van der Waals surface area contributed by atoms with Gasteiger partial charge in [-0.1, -0.05) is 39.0 Å². The molecule has 1 aliphatic rings. The van der Waals surface area contributed by atoms with Gasteiger partial charge in [-0.05, 0) is 36.8 Å². The number of anilines is 1. The van der Waals surface area contributed by atoms with Crippen molar-refractivity contribution in [3.8, 4) is 0 Å². The fraction of sp³-hybridized carbons (Fsp3) is 0.571. The Morgan fingerprint density at radius 3 is 2.33 bits per heavy atom. The molecule has 0 bridgehead atoms. The maximum absolute atomic E-state index is 3.64. The zero-order valence-corrected chi connectivity index (χ0v) is 10.4. The van der Waals surface area contributed by atoms with Crippen LogP contribution < -0.4 is 5.32 Å². The van der Waals surface area contributed by atoms with E-state index >= 15 is 0 Å². The molecule has 1 nitrogen and oxygen atoms in total. The minimum absolute atomic E-state index is 0.165. The fourth-order valence-electron chi connectivity index (χ4n) is 2.74. The molecule has 0 saturated heterocycles. The second-order valence-corrected chi connectivity index (χ2v) is 5.84. The zero-order valence-electron chi connectivity index (χ0n) is 10.4. The number of rotatable bonds is 0. The molecule has 1 aromatic carbocycles. The lowest BCUT2D eigenvalue weighted by Crippen LogP contribution is -2.51. The molecule has 1 heteroatoms. The van der Waals surface area contributed by atoms with Crippen molar-refractivity contribution in [3.63, 3.8) is 0 Å². The Morgan fingerprint density at radius 2 is 1.67 bits per heavy atom. The normalized spacial score (nSPS) is 26.6. The molecular formula is C14H21N. The van der Waals surface area contributed by atoms with Gasteiger partial charge in [0.1, 0.15) is 0 Å². The van der Waals surface area contributed by atoms with Crippen molar-refractivity contribution < 1.29 is 0 Å². The highest BCUT2D eigenvalue weighted by Crippen LogP contribution is 2.46. The lowest BCUT2D eigenvalue weighted by molar-refractivity contribution is 0.230. The van der Waals surface area contributed by atoms with Gasteiger partial charge in [0.05, 0.1) is 0 Å². The Hall–Kier alpha value is -0.980. The Kier molecular flexibility index (Phi) is 2.11. The van der Waals surface area contributed by atoms with Crippen LogP contribution in [0, 0.1) is 5.92 Å². The summed E-state index contributed by atoms with van der Waals surface area (Å²) in [5, 5.41) is 3.64. The number of nitrogens with one attached hydrogen (secondary N) is 1. The van der Waals surface area contributed by atoms with Crippen molar-refractivity contribution in [2.45, 2.75) is 45.6 Å². The molecule has 1 unspecified atom stereocenters. The van der Waals surface area contributed by atoms with Crippen LogP contribution in [0.2, 0.25) is 0 Å². The summed E-state index contributed by atoms with van der Waals surface area (Å²) < 4.78 is 0. The average molecular weight is 203 g/mol. The van der Waals surface area contributed by atoms with Gasteiger partial charge in [-0.3, -0.25) is 0 Å². The van der Waals surface area contributed by atoms with E-state index < -0.39 is 0 Å². The van der Waals surface area contributed by atoms with Crippen molar-refractivity contribution in [2.75, 3.05) is 5.32 Å². The minimum Gasteiger partial charge on any atom is -0.380 e. The number of para-hydroxylation sites is 1. The molecule has 1 heterocycles. The van der Waals surface area contributed by atoms with Crippen LogP contribution in [0.25, 0.3) is 0 Å². The molecule has 1 aromatic rings. The second-order valence-electron chi connectivity index (χ2n) is 5.84. The highest BCUT2D eigenvalue weighted by atomic mass is 15.0. The molecule has 82 valence electrons. The Balaban J connectivity index is 2.59. The van der Waals surface area contributed by atoms with Gasteiger partial charge in [0.15, 0.2) is 0 Å². The molecule has 0 saturated carbocycles. The molecule has 0 aromatic heterocycles. The number of hydrogen-bond acceptors (Lipinski definition) is 1. The van der Waals surface area contributed by atoms with Crippen LogP contribution in [0.5, 0.6) is 0 Å². The monoisotopic (exact) mass is 203 g/mol. The third-order valence-corrected chi connectivity index (χ3v) is 4.24. The van der Waals surface area contributed by atoms with E-state index in [1.54, 1.807) is 0 Å². The summed E-state index contributed by atoms with van der Waals surface area (Å²) in [4.78, 5) is 0. The molecule has 1 aliphatic heterocycles. The van der Waals surface area contributed by atoms with Crippen LogP contribution in [0.3, 0.4) is 0 Å². The van der Waals surface area contributed by atoms with Gasteiger partial charge in [0, 0.05) is 11.2 Å². The maximum atomic E-state index is 3.64. The summed E-state index contributed by atoms with van der Waals surface area (Å²) >= 11 is 0. The van der Waals surface area contributed by atoms with E-state index in [-0.39, 0.29) is 11.0 Å². The van der Waals surface area contributed by atoms with E-state index in [1.807, 2.05) is 0 Å². The van der Waals surface area contributed by atoms with Crippen LogP contribution in [-0.4, -0.2) is 5.54 Å². The third-order valence-electron chi connectivity index (χ3n) is 4.24. The van der Waals surface area contributed by atoms with E-state index in [0.29, 0.717) is 5.92 Å². The molecule has 0 radical (unpaired) electrons. The van der Waals surface area contributed by atoms with E-state index in [9.17, 15) is 0 Å². The molecule has 0 aliphatic carbocycles. The zero-order chi connectivity index (χ0) is 11.3. The first-order valence-corrected chi connectivity index (χ1v) is 5.73. The minimum atomic E-state index is 0.165. The highest BCUT2D eigenvalue weighted by Gasteiger charge is 2.43. The van der Waals surface area contributed by atoms with Crippen molar-refractivity contribution in [3.05, 3.63) is 29.8 Å². The van der Waals surface area contributed by atoms with Gasteiger partial charge in [-0.15, -0.1) is 0 Å². The average Bonchev–Trinajstić information content (AvgIpc) is 2.15. The SMILES string of the molecule is CC1C(C)(C)Nc2ccccc2C1(C)C. The lowest BCUT2D eigenvalue weighted by Gasteiger charge is -2.49. The third kappa shape index (κ3) is 1.45. The molecule has 1 N–H and O–H groups in total. The van der Waals surface area contributed by atoms with Crippen LogP contribution in [-0.2, 0) is 5.41 Å². The number of fused-ring (bicyclic) bond motifs is 1. The van der Waals surface area contributed by atoms with Gasteiger partial charge >= 0.3 is 0 Å². The van der Waals surface area contributed by atoms with Crippen molar-refractivity contribution in [2.24, 2.45) is 5.92 Å². The first-order chi connectivity index (χ1) is 6.86. The quantitative estimate of drug-likeness (QED) is 0.676. The first-order valence-electron chi connectivity index (χ1n) is 5.73. The lowest BCUT2D eigenvalue weighted by atomic mass is 9.63. The molecule has 0 spiro atoms. The summed E-state index contributed by atoms with van der Waals surface area (Å²) in [7, 11) is 0. The fourth-order valence-corrected chi connectivity index (χ4v) is 2.74. The van der Waals surface area contributed by atoms with Crippen LogP contribution in [0.15, 0.2) is 24.3 Å². The van der Waals surface area contributed by atoms with Crippen LogP contribution in [0.4, 0.5) is 5.69 Å². The Labute approximate surface area is 92.9 Å². The van der Waals surface area contributed by atoms with Gasteiger partial charge in [0.2, 0.25) is 0 Å². The van der Waals surface area contributed by atoms with Crippen molar-refractivity contribution in [1.29, 1.82) is 0 Å². The van der Waals surface area contributed by atoms with E-state index in [2.05, 4.69) is 64.2 Å². The van der Waals surface area contributed by atoms with Gasteiger partial charge in [-0.2, -0.15) is 0 Å². The van der Waals surface area contributed by atoms with E-state index in [0.717, 1.165) is 0 Å². The summed E-state index contributed by atoms with van der Waals surface area (Å²) in [5.41, 5.74) is 3.14. The summed E-state index contributed by atoms with van der Waals surface area (Å²) in [5.74, 6) is 0.611. The van der Waals surface area contributed by atoms with Crippen LogP contribution in [0.1, 0.15) is 40.2 Å². The van der Waals surface area contributed by atoms with Gasteiger partial charge < -0.3 is 5.32 Å². The molecule has 15 heavy (non-hydrogen) atoms. The summed E-state index contributed by atoms with van der Waals surface area (Å²) in [6, 6.07) is 8.67. The number of benzene rings is 1. The molecular weight excluding hydrogens is 182 g/mol. The van der Waals surface area contributed by atoms with Gasteiger partial charge in [-0.25, -0.2) is 0 Å². The predicted molar refractivity (Wildman–Crippen MR) is 66.3 cm³/mol. The largest absolute Gasteiger partial charge is 0.380 e.